The Bertz CT molecular complexity index is 533. The van der Waals surface area contributed by atoms with Crippen LogP contribution in [0.1, 0.15) is 0 Å². The number of rotatable bonds is 3. The molecule has 18 heavy (non-hydrogen) atoms. The van der Waals surface area contributed by atoms with Gasteiger partial charge in [-0.3, -0.25) is 10.00 Å². The van der Waals surface area contributed by atoms with Gasteiger partial charge in [0.15, 0.2) is 5.82 Å². The van der Waals surface area contributed by atoms with Crippen LogP contribution in [-0.4, -0.2) is 22.9 Å². The molecule has 0 saturated heterocycles. The minimum absolute atomic E-state index is 0.334. The quantitative estimate of drug-likeness (QED) is 0.871. The van der Waals surface area contributed by atoms with E-state index in [1.165, 1.54) is 0 Å². The summed E-state index contributed by atoms with van der Waals surface area (Å²) in [6.07, 6.45) is 1.75. The van der Waals surface area contributed by atoms with Gasteiger partial charge in [-0.15, -0.1) is 0 Å². The number of benzene rings is 1. The molecule has 1 heterocycles. The van der Waals surface area contributed by atoms with Crippen LogP contribution in [0.5, 0.6) is 5.75 Å². The molecule has 2 aromatic rings. The monoisotopic (exact) mass is 246 g/mol. The fraction of sp³-hybridized carbons (Fsp3) is 0.167. The van der Waals surface area contributed by atoms with E-state index in [0.717, 1.165) is 5.75 Å². The molecule has 0 spiro atoms. The van der Waals surface area contributed by atoms with E-state index < -0.39 is 0 Å². The van der Waals surface area contributed by atoms with Gasteiger partial charge in [0.25, 0.3) is 0 Å². The molecule has 0 aliphatic carbocycles. The predicted molar refractivity (Wildman–Crippen MR) is 68.8 cm³/mol. The number of ether oxygens (including phenoxy) is 1. The number of urea groups is 1. The lowest BCUT2D eigenvalue weighted by molar-refractivity contribution is 0.262. The molecule has 94 valence electrons. The zero-order valence-electron chi connectivity index (χ0n) is 10.2. The highest BCUT2D eigenvalue weighted by Gasteiger charge is 2.04. The normalized spacial score (nSPS) is 9.89. The molecule has 0 aliphatic heterocycles. The molecular formula is C12H14N4O2. The number of aryl methyl sites for hydroxylation is 1. The second-order valence-corrected chi connectivity index (χ2v) is 3.68. The number of nitrogens with one attached hydrogen (secondary N) is 2. The van der Waals surface area contributed by atoms with Crippen molar-refractivity contribution in [3.8, 4) is 5.75 Å². The van der Waals surface area contributed by atoms with Crippen molar-refractivity contribution in [1.29, 1.82) is 0 Å². The lowest BCUT2D eigenvalue weighted by Crippen LogP contribution is -2.19. The van der Waals surface area contributed by atoms with E-state index in [1.807, 2.05) is 0 Å². The van der Waals surface area contributed by atoms with Gasteiger partial charge in [-0.1, -0.05) is 0 Å². The van der Waals surface area contributed by atoms with Crippen LogP contribution in [0.4, 0.5) is 16.3 Å². The number of carbonyl (C=O) groups excluding carboxylic acids is 1. The Morgan fingerprint density at radius 1 is 1.22 bits per heavy atom. The molecule has 2 rings (SSSR count). The summed E-state index contributed by atoms with van der Waals surface area (Å²) in [5, 5.41) is 9.37. The van der Waals surface area contributed by atoms with Gasteiger partial charge in [-0.25, -0.2) is 4.79 Å². The first-order chi connectivity index (χ1) is 8.67. The second-order valence-electron chi connectivity index (χ2n) is 3.68. The zero-order chi connectivity index (χ0) is 13.0. The Morgan fingerprint density at radius 2 is 1.94 bits per heavy atom. The summed E-state index contributed by atoms with van der Waals surface area (Å²) in [5.41, 5.74) is 0.684. The van der Waals surface area contributed by atoms with Crippen molar-refractivity contribution in [2.75, 3.05) is 17.7 Å². The Balaban J connectivity index is 1.94. The van der Waals surface area contributed by atoms with Crippen molar-refractivity contribution in [1.82, 2.24) is 9.78 Å². The lowest BCUT2D eigenvalue weighted by atomic mass is 10.3. The van der Waals surface area contributed by atoms with Crippen molar-refractivity contribution in [2.24, 2.45) is 7.05 Å². The number of nitrogens with zero attached hydrogens (tertiary/aromatic N) is 2. The second kappa shape index (κ2) is 5.22. The minimum Gasteiger partial charge on any atom is -0.497 e. The van der Waals surface area contributed by atoms with Gasteiger partial charge in [-0.2, -0.15) is 5.10 Å². The molecule has 1 aromatic heterocycles. The third-order valence-corrected chi connectivity index (χ3v) is 2.30. The van der Waals surface area contributed by atoms with Crippen molar-refractivity contribution in [3.63, 3.8) is 0 Å². The van der Waals surface area contributed by atoms with E-state index >= 15 is 0 Å². The van der Waals surface area contributed by atoms with Crippen molar-refractivity contribution >= 4 is 17.5 Å². The molecule has 0 unspecified atom stereocenters. The Kier molecular flexibility index (Phi) is 3.47. The van der Waals surface area contributed by atoms with Gasteiger partial charge < -0.3 is 10.1 Å². The highest BCUT2D eigenvalue weighted by molar-refractivity contribution is 5.99. The van der Waals surface area contributed by atoms with Crippen LogP contribution in [0.3, 0.4) is 0 Å². The largest absolute Gasteiger partial charge is 0.497 e. The maximum Gasteiger partial charge on any atom is 0.324 e. The molecule has 0 atom stereocenters. The van der Waals surface area contributed by atoms with Crippen LogP contribution in [0.25, 0.3) is 0 Å². The number of hydrogen-bond donors (Lipinski definition) is 2. The highest BCUT2D eigenvalue weighted by Crippen LogP contribution is 2.15. The topological polar surface area (TPSA) is 68.2 Å². The number of hydrogen-bond acceptors (Lipinski definition) is 3. The van der Waals surface area contributed by atoms with Gasteiger partial charge in [0, 0.05) is 25.0 Å². The van der Waals surface area contributed by atoms with E-state index in [1.54, 1.807) is 55.4 Å². The summed E-state index contributed by atoms with van der Waals surface area (Å²) in [6.45, 7) is 0. The van der Waals surface area contributed by atoms with Gasteiger partial charge in [-0.05, 0) is 24.3 Å². The van der Waals surface area contributed by atoms with Crippen LogP contribution >= 0.6 is 0 Å². The molecular weight excluding hydrogens is 232 g/mol. The summed E-state index contributed by atoms with van der Waals surface area (Å²) in [6, 6.07) is 8.45. The first kappa shape index (κ1) is 12.0. The number of carbonyl (C=O) groups is 1. The average molecular weight is 246 g/mol. The highest BCUT2D eigenvalue weighted by atomic mass is 16.5. The molecule has 0 bridgehead atoms. The van der Waals surface area contributed by atoms with Crippen LogP contribution < -0.4 is 15.4 Å². The van der Waals surface area contributed by atoms with E-state index in [4.69, 9.17) is 4.74 Å². The summed E-state index contributed by atoms with van der Waals surface area (Å²) in [4.78, 5) is 11.6. The molecule has 0 aliphatic rings. The number of amides is 2. The van der Waals surface area contributed by atoms with Gasteiger partial charge >= 0.3 is 6.03 Å². The minimum atomic E-state index is -0.334. The molecule has 6 nitrogen and oxygen atoms in total. The van der Waals surface area contributed by atoms with Crippen LogP contribution in [0.2, 0.25) is 0 Å². The van der Waals surface area contributed by atoms with Crippen molar-refractivity contribution < 1.29 is 9.53 Å². The molecule has 2 amide bonds. The van der Waals surface area contributed by atoms with Crippen LogP contribution in [0, 0.1) is 0 Å². The molecule has 0 radical (unpaired) electrons. The molecule has 6 heteroatoms. The van der Waals surface area contributed by atoms with Gasteiger partial charge in [0.1, 0.15) is 5.75 Å². The van der Waals surface area contributed by atoms with E-state index in [-0.39, 0.29) is 6.03 Å². The third-order valence-electron chi connectivity index (χ3n) is 2.30. The Labute approximate surface area is 105 Å². The fourth-order valence-electron chi connectivity index (χ4n) is 1.43. The summed E-state index contributed by atoms with van der Waals surface area (Å²) >= 11 is 0. The predicted octanol–water partition coefficient (Wildman–Crippen LogP) is 2.07. The molecule has 0 fully saturated rings. The van der Waals surface area contributed by atoms with E-state index in [0.29, 0.717) is 11.5 Å². The first-order valence-corrected chi connectivity index (χ1v) is 5.39. The zero-order valence-corrected chi connectivity index (χ0v) is 10.2. The maximum atomic E-state index is 11.6. The SMILES string of the molecule is COc1ccc(NC(=O)Nc2ccn(C)n2)cc1. The molecule has 1 aromatic carbocycles. The number of aromatic nitrogens is 2. The third kappa shape index (κ3) is 3.00. The van der Waals surface area contributed by atoms with Crippen molar-refractivity contribution in [3.05, 3.63) is 36.5 Å². The average Bonchev–Trinajstić information content (AvgIpc) is 2.75. The summed E-state index contributed by atoms with van der Waals surface area (Å²) in [5.74, 6) is 1.24. The van der Waals surface area contributed by atoms with Gasteiger partial charge in [0.05, 0.1) is 7.11 Å². The Morgan fingerprint density at radius 3 is 2.50 bits per heavy atom. The van der Waals surface area contributed by atoms with Gasteiger partial charge in [0.2, 0.25) is 0 Å². The van der Waals surface area contributed by atoms with E-state index in [2.05, 4.69) is 15.7 Å². The maximum absolute atomic E-state index is 11.6. The van der Waals surface area contributed by atoms with E-state index in [9.17, 15) is 4.79 Å². The fourth-order valence-corrected chi connectivity index (χ4v) is 1.43. The number of anilines is 2. The van der Waals surface area contributed by atoms with Crippen LogP contribution in [-0.2, 0) is 7.05 Å². The van der Waals surface area contributed by atoms with Crippen LogP contribution in [0.15, 0.2) is 36.5 Å². The molecule has 2 N–H and O–H groups in total. The Hall–Kier alpha value is -2.50. The number of methoxy groups -OCH3 is 1. The first-order valence-electron chi connectivity index (χ1n) is 5.39. The summed E-state index contributed by atoms with van der Waals surface area (Å²) in [7, 11) is 3.38. The summed E-state index contributed by atoms with van der Waals surface area (Å²) < 4.78 is 6.65. The smallest absolute Gasteiger partial charge is 0.324 e. The van der Waals surface area contributed by atoms with Crippen molar-refractivity contribution in [2.45, 2.75) is 0 Å². The molecule has 0 saturated carbocycles. The standard InChI is InChI=1S/C12H14N4O2/c1-16-8-7-11(15-16)14-12(17)13-9-3-5-10(18-2)6-4-9/h3-8H,1-2H3,(H2,13,14,15,17). The lowest BCUT2D eigenvalue weighted by Gasteiger charge is -2.06.